The summed E-state index contributed by atoms with van der Waals surface area (Å²) in [7, 11) is -0.356. The number of benzene rings is 1. The van der Waals surface area contributed by atoms with Gasteiger partial charge < -0.3 is 4.74 Å². The molecule has 120 valence electrons. The lowest BCUT2D eigenvalue weighted by Gasteiger charge is -2.26. The van der Waals surface area contributed by atoms with E-state index in [1.807, 2.05) is 13.2 Å². The van der Waals surface area contributed by atoms with Crippen LogP contribution < -0.4 is 4.74 Å². The Labute approximate surface area is 136 Å². The summed E-state index contributed by atoms with van der Waals surface area (Å²) < 4.78 is 32.0. The molecule has 1 atom stereocenters. The van der Waals surface area contributed by atoms with Crippen LogP contribution in [0.25, 0.3) is 0 Å². The molecule has 1 unspecified atom stereocenters. The Hall–Kier alpha value is -0.430. The van der Waals surface area contributed by atoms with Gasteiger partial charge in [-0.15, -0.1) is 11.6 Å². The van der Waals surface area contributed by atoms with E-state index in [1.54, 1.807) is 37.0 Å². The van der Waals surface area contributed by atoms with Crippen molar-refractivity contribution in [2.24, 2.45) is 0 Å². The molecule has 0 heterocycles. The maximum Gasteiger partial charge on any atom is 0.243 e. The predicted octanol–water partition coefficient (Wildman–Crippen LogP) is 3.20. The zero-order valence-electron chi connectivity index (χ0n) is 12.8. The van der Waals surface area contributed by atoms with E-state index < -0.39 is 10.0 Å². The molecule has 0 saturated heterocycles. The number of thioether (sulfide) groups is 1. The maximum atomic E-state index is 12.7. The minimum absolute atomic E-state index is 0.0217. The summed E-state index contributed by atoms with van der Waals surface area (Å²) in [5.74, 6) is 1.57. The van der Waals surface area contributed by atoms with Gasteiger partial charge in [-0.1, -0.05) is 6.92 Å². The molecule has 21 heavy (non-hydrogen) atoms. The Morgan fingerprint density at radius 2 is 2.10 bits per heavy atom. The highest BCUT2D eigenvalue weighted by Crippen LogP contribution is 2.26. The summed E-state index contributed by atoms with van der Waals surface area (Å²) in [5.41, 5.74) is 0.673. The maximum absolute atomic E-state index is 12.7. The first kappa shape index (κ1) is 18.6. The molecule has 0 aliphatic heterocycles. The zero-order chi connectivity index (χ0) is 16.0. The number of ether oxygens (including phenoxy) is 1. The van der Waals surface area contributed by atoms with E-state index in [9.17, 15) is 8.42 Å². The van der Waals surface area contributed by atoms with Gasteiger partial charge in [0, 0.05) is 24.4 Å². The Bertz CT molecular complexity index is 563. The topological polar surface area (TPSA) is 46.6 Å². The average Bonchev–Trinajstić information content (AvgIpc) is 2.50. The van der Waals surface area contributed by atoms with E-state index in [2.05, 4.69) is 0 Å². The van der Waals surface area contributed by atoms with Gasteiger partial charge in [0.2, 0.25) is 10.0 Å². The summed E-state index contributed by atoms with van der Waals surface area (Å²) in [6.45, 7) is 1.99. The predicted molar refractivity (Wildman–Crippen MR) is 90.0 cm³/mol. The Morgan fingerprint density at radius 1 is 1.43 bits per heavy atom. The monoisotopic (exact) mass is 351 g/mol. The molecule has 0 aromatic heterocycles. The molecule has 0 aliphatic carbocycles. The van der Waals surface area contributed by atoms with Crippen LogP contribution in [-0.4, -0.2) is 44.9 Å². The summed E-state index contributed by atoms with van der Waals surface area (Å²) >= 11 is 7.50. The van der Waals surface area contributed by atoms with Crippen molar-refractivity contribution in [3.8, 4) is 5.75 Å². The van der Waals surface area contributed by atoms with E-state index in [1.165, 1.54) is 11.4 Å². The molecular weight excluding hydrogens is 330 g/mol. The Balaban J connectivity index is 3.18. The standard InChI is InChI=1S/C14H22ClNO3S2/c1-5-12(10-20-4)16(2)21(17,18)13-6-7-14(19-3)11(8-13)9-15/h6-8,12H,5,9-10H2,1-4H3. The molecule has 0 fully saturated rings. The van der Waals surface area contributed by atoms with Crippen molar-refractivity contribution in [3.05, 3.63) is 23.8 Å². The smallest absolute Gasteiger partial charge is 0.243 e. The fraction of sp³-hybridized carbons (Fsp3) is 0.571. The van der Waals surface area contributed by atoms with Crippen LogP contribution in [0.3, 0.4) is 0 Å². The number of halogens is 1. The van der Waals surface area contributed by atoms with Crippen LogP contribution in [0.1, 0.15) is 18.9 Å². The van der Waals surface area contributed by atoms with Crippen LogP contribution in [-0.2, 0) is 15.9 Å². The van der Waals surface area contributed by atoms with Crippen molar-refractivity contribution in [3.63, 3.8) is 0 Å². The number of rotatable bonds is 8. The number of hydrogen-bond acceptors (Lipinski definition) is 4. The fourth-order valence-corrected chi connectivity index (χ4v) is 4.68. The SMILES string of the molecule is CCC(CSC)N(C)S(=O)(=O)c1ccc(OC)c(CCl)c1. The molecule has 0 saturated carbocycles. The van der Waals surface area contributed by atoms with Gasteiger partial charge >= 0.3 is 0 Å². The van der Waals surface area contributed by atoms with Crippen molar-refractivity contribution in [2.75, 3.05) is 26.2 Å². The summed E-state index contributed by atoms with van der Waals surface area (Å²) in [6.07, 6.45) is 2.75. The normalized spacial score (nSPS) is 13.4. The lowest BCUT2D eigenvalue weighted by molar-refractivity contribution is 0.385. The first-order chi connectivity index (χ1) is 9.92. The van der Waals surface area contributed by atoms with Crippen molar-refractivity contribution in [1.29, 1.82) is 0 Å². The van der Waals surface area contributed by atoms with Crippen molar-refractivity contribution in [1.82, 2.24) is 4.31 Å². The van der Waals surface area contributed by atoms with Crippen LogP contribution >= 0.6 is 23.4 Å². The van der Waals surface area contributed by atoms with E-state index in [0.29, 0.717) is 11.3 Å². The largest absolute Gasteiger partial charge is 0.496 e. The van der Waals surface area contributed by atoms with Gasteiger partial charge in [0.25, 0.3) is 0 Å². The molecule has 4 nitrogen and oxygen atoms in total. The second kappa shape index (κ2) is 8.27. The minimum atomic E-state index is -3.52. The minimum Gasteiger partial charge on any atom is -0.496 e. The second-order valence-corrected chi connectivity index (χ2v) is 7.82. The molecule has 1 aromatic rings. The lowest BCUT2D eigenvalue weighted by Crippen LogP contribution is -2.38. The fourth-order valence-electron chi connectivity index (χ4n) is 2.05. The first-order valence-electron chi connectivity index (χ1n) is 6.62. The van der Waals surface area contributed by atoms with Gasteiger partial charge in [0.15, 0.2) is 0 Å². The molecule has 0 amide bonds. The number of nitrogens with zero attached hydrogens (tertiary/aromatic N) is 1. The van der Waals surface area contributed by atoms with E-state index >= 15 is 0 Å². The quantitative estimate of drug-likeness (QED) is 0.675. The highest BCUT2D eigenvalue weighted by atomic mass is 35.5. The molecule has 1 rings (SSSR count). The molecule has 0 N–H and O–H groups in total. The van der Waals surface area contributed by atoms with Crippen molar-refractivity contribution >= 4 is 33.4 Å². The van der Waals surface area contributed by atoms with Crippen molar-refractivity contribution < 1.29 is 13.2 Å². The Kier molecular flexibility index (Phi) is 7.33. The third-order valence-electron chi connectivity index (χ3n) is 3.42. The van der Waals surface area contributed by atoms with Crippen LogP contribution in [0, 0.1) is 0 Å². The Morgan fingerprint density at radius 3 is 2.57 bits per heavy atom. The van der Waals surface area contributed by atoms with E-state index in [-0.39, 0.29) is 16.8 Å². The zero-order valence-corrected chi connectivity index (χ0v) is 15.2. The second-order valence-electron chi connectivity index (χ2n) is 4.65. The van der Waals surface area contributed by atoms with Crippen LogP contribution in [0.2, 0.25) is 0 Å². The van der Waals surface area contributed by atoms with Gasteiger partial charge in [0.1, 0.15) is 5.75 Å². The third kappa shape index (κ3) is 4.28. The molecule has 0 radical (unpaired) electrons. The highest BCUT2D eigenvalue weighted by Gasteiger charge is 2.27. The number of methoxy groups -OCH3 is 1. The third-order valence-corrected chi connectivity index (χ3v) is 6.33. The molecule has 0 aliphatic rings. The van der Waals surface area contributed by atoms with Crippen LogP contribution in [0.5, 0.6) is 5.75 Å². The van der Waals surface area contributed by atoms with Gasteiger partial charge in [-0.05, 0) is 30.9 Å². The first-order valence-corrected chi connectivity index (χ1v) is 9.99. The van der Waals surface area contributed by atoms with Crippen LogP contribution in [0.15, 0.2) is 23.1 Å². The number of hydrogen-bond donors (Lipinski definition) is 0. The number of sulfonamides is 1. The summed E-state index contributed by atoms with van der Waals surface area (Å²) in [6, 6.07) is 4.77. The van der Waals surface area contributed by atoms with Gasteiger partial charge in [-0.2, -0.15) is 16.1 Å². The van der Waals surface area contributed by atoms with Gasteiger partial charge in [-0.25, -0.2) is 8.42 Å². The summed E-state index contributed by atoms with van der Waals surface area (Å²) in [4.78, 5) is 0.251. The lowest BCUT2D eigenvalue weighted by atomic mass is 10.2. The van der Waals surface area contributed by atoms with Gasteiger partial charge in [0.05, 0.1) is 17.9 Å². The average molecular weight is 352 g/mol. The molecule has 7 heteroatoms. The molecular formula is C14H22ClNO3S2. The summed E-state index contributed by atoms with van der Waals surface area (Å²) in [5, 5.41) is 0. The van der Waals surface area contributed by atoms with E-state index in [0.717, 1.165) is 12.2 Å². The highest BCUT2D eigenvalue weighted by molar-refractivity contribution is 7.98. The van der Waals surface area contributed by atoms with Gasteiger partial charge in [-0.3, -0.25) is 0 Å². The molecule has 0 bridgehead atoms. The van der Waals surface area contributed by atoms with Crippen molar-refractivity contribution in [2.45, 2.75) is 30.2 Å². The number of alkyl halides is 1. The van der Waals surface area contributed by atoms with Crippen LogP contribution in [0.4, 0.5) is 0 Å². The molecule has 0 spiro atoms. The van der Waals surface area contributed by atoms with E-state index in [4.69, 9.17) is 16.3 Å². The molecule has 1 aromatic carbocycles.